The maximum Gasteiger partial charge on any atom is 0.275 e. The molecule has 1 aliphatic rings. The van der Waals surface area contributed by atoms with E-state index in [4.69, 9.17) is 21.2 Å². The Morgan fingerprint density at radius 1 is 1.59 bits per heavy atom. The van der Waals surface area contributed by atoms with Gasteiger partial charge in [0.2, 0.25) is 0 Å². The van der Waals surface area contributed by atoms with Crippen molar-refractivity contribution in [2.75, 3.05) is 6.61 Å². The molecule has 1 aromatic heterocycles. The quantitative estimate of drug-likeness (QED) is 0.663. The molecule has 0 spiro atoms. The molecule has 5 nitrogen and oxygen atoms in total. The highest BCUT2D eigenvalue weighted by Crippen LogP contribution is 2.13. The third-order valence-corrected chi connectivity index (χ3v) is 2.62. The van der Waals surface area contributed by atoms with Crippen molar-refractivity contribution in [3.63, 3.8) is 0 Å². The lowest BCUT2D eigenvalue weighted by Gasteiger charge is -2.22. The molecular weight excluding hydrogens is 244 g/mol. The fraction of sp³-hybridized carbons (Fsp3) is 0.455. The van der Waals surface area contributed by atoms with Gasteiger partial charge in [-0.25, -0.2) is 15.3 Å². The van der Waals surface area contributed by atoms with Crippen molar-refractivity contribution in [1.82, 2.24) is 10.5 Å². The molecule has 0 aliphatic carbocycles. The predicted molar refractivity (Wildman–Crippen MR) is 61.4 cm³/mol. The Morgan fingerprint density at radius 3 is 3.18 bits per heavy atom. The van der Waals surface area contributed by atoms with Crippen molar-refractivity contribution in [2.24, 2.45) is 0 Å². The summed E-state index contributed by atoms with van der Waals surface area (Å²) in [6.45, 7) is 0.668. The molecule has 6 heteroatoms. The zero-order valence-corrected chi connectivity index (χ0v) is 9.94. The van der Waals surface area contributed by atoms with Crippen molar-refractivity contribution < 1.29 is 14.4 Å². The highest BCUT2D eigenvalue weighted by atomic mass is 35.5. The first-order valence-electron chi connectivity index (χ1n) is 5.45. The van der Waals surface area contributed by atoms with Gasteiger partial charge in [-0.15, -0.1) is 0 Å². The monoisotopic (exact) mass is 256 g/mol. The van der Waals surface area contributed by atoms with Crippen LogP contribution in [-0.2, 0) is 9.57 Å². The second-order valence-electron chi connectivity index (χ2n) is 3.71. The standard InChI is InChI=1S/C11H13ClN2O3/c12-9-7-8(4-5-13-9)11(15)14-17-10-3-1-2-6-16-10/h4-5,7,10H,1-3,6H2,(H,14,15). The number of hydroxylamine groups is 1. The van der Waals surface area contributed by atoms with Gasteiger partial charge < -0.3 is 4.74 Å². The summed E-state index contributed by atoms with van der Waals surface area (Å²) >= 11 is 5.68. The predicted octanol–water partition coefficient (Wildman–Crippen LogP) is 1.92. The van der Waals surface area contributed by atoms with E-state index in [1.165, 1.54) is 12.3 Å². The first-order chi connectivity index (χ1) is 8.25. The van der Waals surface area contributed by atoms with E-state index < -0.39 is 0 Å². The van der Waals surface area contributed by atoms with Gasteiger partial charge >= 0.3 is 0 Å². The Kier molecular flexibility index (Phi) is 4.30. The number of amides is 1. The van der Waals surface area contributed by atoms with Crippen LogP contribution < -0.4 is 5.48 Å². The van der Waals surface area contributed by atoms with Gasteiger partial charge in [0.1, 0.15) is 5.15 Å². The minimum absolute atomic E-state index is 0.270. The zero-order chi connectivity index (χ0) is 12.1. The maximum atomic E-state index is 11.7. The summed E-state index contributed by atoms with van der Waals surface area (Å²) in [6.07, 6.45) is 3.98. The molecule has 17 heavy (non-hydrogen) atoms. The molecule has 2 rings (SSSR count). The summed E-state index contributed by atoms with van der Waals surface area (Å²) in [7, 11) is 0. The lowest BCUT2D eigenvalue weighted by Crippen LogP contribution is -2.33. The molecule has 0 saturated carbocycles. The van der Waals surface area contributed by atoms with Crippen LogP contribution in [-0.4, -0.2) is 23.8 Å². The van der Waals surface area contributed by atoms with E-state index in [9.17, 15) is 4.79 Å². The van der Waals surface area contributed by atoms with Crippen LogP contribution in [0.2, 0.25) is 5.15 Å². The van der Waals surface area contributed by atoms with Gasteiger partial charge in [-0.05, 0) is 25.0 Å². The second kappa shape index (κ2) is 5.95. The fourth-order valence-electron chi connectivity index (χ4n) is 1.53. The summed E-state index contributed by atoms with van der Waals surface area (Å²) in [5, 5.41) is 0.270. The molecule has 92 valence electrons. The van der Waals surface area contributed by atoms with Crippen LogP contribution in [0.1, 0.15) is 29.6 Å². The summed E-state index contributed by atoms with van der Waals surface area (Å²) in [5.74, 6) is -0.358. The van der Waals surface area contributed by atoms with Crippen LogP contribution in [0.15, 0.2) is 18.3 Å². The molecular formula is C11H13ClN2O3. The van der Waals surface area contributed by atoms with Gasteiger partial charge in [-0.3, -0.25) is 4.79 Å². The zero-order valence-electron chi connectivity index (χ0n) is 9.19. The molecule has 0 radical (unpaired) electrons. The van der Waals surface area contributed by atoms with E-state index in [0.29, 0.717) is 12.2 Å². The van der Waals surface area contributed by atoms with Crippen LogP contribution in [0.25, 0.3) is 0 Å². The maximum absolute atomic E-state index is 11.7. The number of pyridine rings is 1. The summed E-state index contributed by atoms with van der Waals surface area (Å²) in [5.41, 5.74) is 2.75. The van der Waals surface area contributed by atoms with Gasteiger partial charge in [0, 0.05) is 24.8 Å². The minimum atomic E-state index is -0.358. The molecule has 1 N–H and O–H groups in total. The van der Waals surface area contributed by atoms with Crippen molar-refractivity contribution in [2.45, 2.75) is 25.6 Å². The Labute approximate surface area is 104 Å². The van der Waals surface area contributed by atoms with Crippen LogP contribution in [0, 0.1) is 0 Å². The number of rotatable bonds is 3. The largest absolute Gasteiger partial charge is 0.350 e. The van der Waals surface area contributed by atoms with E-state index in [1.807, 2.05) is 0 Å². The number of hydrogen-bond acceptors (Lipinski definition) is 4. The molecule has 1 saturated heterocycles. The van der Waals surface area contributed by atoms with Crippen LogP contribution >= 0.6 is 11.6 Å². The van der Waals surface area contributed by atoms with E-state index in [-0.39, 0.29) is 17.4 Å². The summed E-state index contributed by atoms with van der Waals surface area (Å²) in [6, 6.07) is 3.04. The van der Waals surface area contributed by atoms with Crippen molar-refractivity contribution >= 4 is 17.5 Å². The van der Waals surface area contributed by atoms with E-state index in [1.54, 1.807) is 6.07 Å². The second-order valence-corrected chi connectivity index (χ2v) is 4.10. The first kappa shape index (κ1) is 12.3. The van der Waals surface area contributed by atoms with Crippen molar-refractivity contribution in [1.29, 1.82) is 0 Å². The summed E-state index contributed by atoms with van der Waals surface area (Å²) in [4.78, 5) is 20.6. The average molecular weight is 257 g/mol. The third-order valence-electron chi connectivity index (χ3n) is 2.41. The van der Waals surface area contributed by atoms with Gasteiger partial charge in [-0.1, -0.05) is 11.6 Å². The average Bonchev–Trinajstić information content (AvgIpc) is 2.37. The molecule has 1 aromatic rings. The molecule has 1 unspecified atom stereocenters. The summed E-state index contributed by atoms with van der Waals surface area (Å²) < 4.78 is 5.31. The first-order valence-corrected chi connectivity index (χ1v) is 5.82. The number of nitrogens with zero attached hydrogens (tertiary/aromatic N) is 1. The fourth-order valence-corrected chi connectivity index (χ4v) is 1.70. The SMILES string of the molecule is O=C(NOC1CCCCO1)c1ccnc(Cl)c1. The van der Waals surface area contributed by atoms with Gasteiger partial charge in [0.25, 0.3) is 5.91 Å². The van der Waals surface area contributed by atoms with Crippen molar-refractivity contribution in [3.05, 3.63) is 29.0 Å². The van der Waals surface area contributed by atoms with Crippen LogP contribution in [0.5, 0.6) is 0 Å². The van der Waals surface area contributed by atoms with E-state index >= 15 is 0 Å². The Balaban J connectivity index is 1.84. The van der Waals surface area contributed by atoms with Gasteiger partial charge in [0.05, 0.1) is 0 Å². The molecule has 1 atom stereocenters. The highest BCUT2D eigenvalue weighted by molar-refractivity contribution is 6.29. The highest BCUT2D eigenvalue weighted by Gasteiger charge is 2.16. The number of halogens is 1. The number of nitrogens with one attached hydrogen (secondary N) is 1. The Bertz CT molecular complexity index is 394. The lowest BCUT2D eigenvalue weighted by molar-refractivity contribution is -0.186. The number of carbonyl (C=O) groups excluding carboxylic acids is 1. The molecule has 0 aromatic carbocycles. The van der Waals surface area contributed by atoms with Gasteiger partial charge in [0.15, 0.2) is 6.29 Å². The Morgan fingerprint density at radius 2 is 2.47 bits per heavy atom. The number of carbonyl (C=O) groups is 1. The smallest absolute Gasteiger partial charge is 0.275 e. The lowest BCUT2D eigenvalue weighted by atomic mass is 10.2. The van der Waals surface area contributed by atoms with E-state index in [2.05, 4.69) is 10.5 Å². The molecule has 1 fully saturated rings. The Hall–Kier alpha value is -1.17. The molecule has 1 aliphatic heterocycles. The van der Waals surface area contributed by atoms with Crippen LogP contribution in [0.4, 0.5) is 0 Å². The van der Waals surface area contributed by atoms with Crippen molar-refractivity contribution in [3.8, 4) is 0 Å². The number of hydrogen-bond donors (Lipinski definition) is 1. The van der Waals surface area contributed by atoms with Crippen LogP contribution in [0.3, 0.4) is 0 Å². The molecule has 2 heterocycles. The normalized spacial score (nSPS) is 19.9. The topological polar surface area (TPSA) is 60.5 Å². The minimum Gasteiger partial charge on any atom is -0.350 e. The number of ether oxygens (including phenoxy) is 1. The van der Waals surface area contributed by atoms with E-state index in [0.717, 1.165) is 19.3 Å². The molecule has 1 amide bonds. The number of aromatic nitrogens is 1. The molecule has 0 bridgehead atoms. The third kappa shape index (κ3) is 3.66. The van der Waals surface area contributed by atoms with Gasteiger partial charge in [-0.2, -0.15) is 0 Å².